The van der Waals surface area contributed by atoms with Gasteiger partial charge in [0.2, 0.25) is 5.91 Å². The summed E-state index contributed by atoms with van der Waals surface area (Å²) in [6.07, 6.45) is 44.3. The SMILES string of the molecule is CCCCCCCCC/C=C/CC/C=C/C(O)C(COC1OC(CO)C(O)C(O)C1O)NC(=O)C(O)CCCCCCCCCCCCCCCCCCCCCCCCCCCC. The van der Waals surface area contributed by atoms with Crippen LogP contribution in [-0.2, 0) is 14.3 Å². The van der Waals surface area contributed by atoms with Gasteiger partial charge in [-0.05, 0) is 32.1 Å². The van der Waals surface area contributed by atoms with Crippen molar-refractivity contribution in [2.24, 2.45) is 0 Å². The molecule has 0 saturated carbocycles. The number of allylic oxidation sites excluding steroid dienone is 3. The third-order valence-corrected chi connectivity index (χ3v) is 13.1. The summed E-state index contributed by atoms with van der Waals surface area (Å²) < 4.78 is 11.1. The van der Waals surface area contributed by atoms with Crippen LogP contribution in [0.25, 0.3) is 0 Å². The molecule has 7 N–H and O–H groups in total. The van der Waals surface area contributed by atoms with E-state index in [2.05, 4.69) is 31.3 Å². The number of rotatable bonds is 46. The summed E-state index contributed by atoms with van der Waals surface area (Å²) in [5.41, 5.74) is 0. The van der Waals surface area contributed by atoms with Crippen LogP contribution in [0.2, 0.25) is 0 Å². The van der Waals surface area contributed by atoms with E-state index < -0.39 is 61.5 Å². The Bertz CT molecular complexity index is 1070. The van der Waals surface area contributed by atoms with Gasteiger partial charge in [-0.3, -0.25) is 4.79 Å². The molecule has 0 bridgehead atoms. The van der Waals surface area contributed by atoms with Crippen molar-refractivity contribution in [1.29, 1.82) is 0 Å². The van der Waals surface area contributed by atoms with Crippen molar-refractivity contribution in [2.75, 3.05) is 13.2 Å². The summed E-state index contributed by atoms with van der Waals surface area (Å²) >= 11 is 0. The number of hydrogen-bond donors (Lipinski definition) is 7. The van der Waals surface area contributed by atoms with Crippen molar-refractivity contribution < 1.29 is 44.9 Å². The second-order valence-corrected chi connectivity index (χ2v) is 19.2. The second-order valence-electron chi connectivity index (χ2n) is 19.2. The lowest BCUT2D eigenvalue weighted by atomic mass is 9.99. The van der Waals surface area contributed by atoms with Gasteiger partial charge in [-0.1, -0.05) is 244 Å². The van der Waals surface area contributed by atoms with Crippen molar-refractivity contribution in [3.8, 4) is 0 Å². The molecule has 1 heterocycles. The number of amides is 1. The highest BCUT2D eigenvalue weighted by Gasteiger charge is 2.44. The average Bonchev–Trinajstić information content (AvgIpc) is 3.29. The van der Waals surface area contributed by atoms with E-state index in [1.165, 1.54) is 186 Å². The van der Waals surface area contributed by atoms with Gasteiger partial charge in [0, 0.05) is 0 Å². The van der Waals surface area contributed by atoms with Crippen LogP contribution in [0.15, 0.2) is 24.3 Å². The van der Waals surface area contributed by atoms with Crippen molar-refractivity contribution in [3.63, 3.8) is 0 Å². The second kappa shape index (κ2) is 44.2. The first-order valence-electron chi connectivity index (χ1n) is 27.2. The number of hydrogen-bond acceptors (Lipinski definition) is 9. The summed E-state index contributed by atoms with van der Waals surface area (Å²) in [5.74, 6) is -0.622. The van der Waals surface area contributed by atoms with Crippen LogP contribution in [0.4, 0.5) is 0 Å². The molecule has 378 valence electrons. The molecule has 1 saturated heterocycles. The molecule has 10 heteroatoms. The van der Waals surface area contributed by atoms with E-state index in [1.807, 2.05) is 6.08 Å². The number of nitrogens with one attached hydrogen (secondary N) is 1. The van der Waals surface area contributed by atoms with E-state index >= 15 is 0 Å². The maximum absolute atomic E-state index is 13.1. The lowest BCUT2D eigenvalue weighted by Crippen LogP contribution is -2.60. The molecule has 0 spiro atoms. The Hall–Kier alpha value is -1.37. The minimum absolute atomic E-state index is 0.308. The number of unbranched alkanes of at least 4 members (excludes halogenated alkanes) is 33. The lowest BCUT2D eigenvalue weighted by Gasteiger charge is -2.40. The Kier molecular flexibility index (Phi) is 41.8. The number of ether oxygens (including phenoxy) is 2. The first-order chi connectivity index (χ1) is 31.3. The molecule has 64 heavy (non-hydrogen) atoms. The van der Waals surface area contributed by atoms with Crippen molar-refractivity contribution >= 4 is 5.91 Å². The molecule has 0 aromatic rings. The van der Waals surface area contributed by atoms with Gasteiger partial charge in [0.15, 0.2) is 6.29 Å². The first-order valence-corrected chi connectivity index (χ1v) is 27.2. The third-order valence-electron chi connectivity index (χ3n) is 13.1. The van der Waals surface area contributed by atoms with E-state index in [0.29, 0.717) is 12.8 Å². The van der Waals surface area contributed by atoms with Gasteiger partial charge in [0.05, 0.1) is 25.4 Å². The molecular weight excluding hydrogens is 807 g/mol. The van der Waals surface area contributed by atoms with Gasteiger partial charge < -0.3 is 45.4 Å². The quantitative estimate of drug-likeness (QED) is 0.0232. The summed E-state index contributed by atoms with van der Waals surface area (Å²) in [6, 6.07) is -0.993. The van der Waals surface area contributed by atoms with Gasteiger partial charge in [-0.25, -0.2) is 0 Å². The van der Waals surface area contributed by atoms with E-state index in [1.54, 1.807) is 6.08 Å². The lowest BCUT2D eigenvalue weighted by molar-refractivity contribution is -0.302. The molecule has 1 aliphatic rings. The largest absolute Gasteiger partial charge is 0.394 e. The zero-order chi connectivity index (χ0) is 46.7. The van der Waals surface area contributed by atoms with E-state index in [-0.39, 0.29) is 6.61 Å². The number of carbonyl (C=O) groups excluding carboxylic acids is 1. The molecule has 0 aromatic heterocycles. The predicted octanol–water partition coefficient (Wildman–Crippen LogP) is 11.6. The van der Waals surface area contributed by atoms with E-state index in [0.717, 1.165) is 38.5 Å². The minimum Gasteiger partial charge on any atom is -0.394 e. The summed E-state index contributed by atoms with van der Waals surface area (Å²) in [7, 11) is 0. The molecule has 1 amide bonds. The smallest absolute Gasteiger partial charge is 0.249 e. The molecule has 1 fully saturated rings. The monoisotopic (exact) mass is 910 g/mol. The van der Waals surface area contributed by atoms with Crippen LogP contribution in [0.3, 0.4) is 0 Å². The number of carbonyl (C=O) groups is 1. The van der Waals surface area contributed by atoms with Gasteiger partial charge in [0.25, 0.3) is 0 Å². The molecule has 1 aliphatic heterocycles. The molecule has 0 radical (unpaired) electrons. The van der Waals surface area contributed by atoms with Crippen LogP contribution in [0.1, 0.15) is 251 Å². The van der Waals surface area contributed by atoms with Crippen LogP contribution >= 0.6 is 0 Å². The van der Waals surface area contributed by atoms with Gasteiger partial charge in [-0.15, -0.1) is 0 Å². The predicted molar refractivity (Wildman–Crippen MR) is 264 cm³/mol. The Morgan fingerprint density at radius 3 is 1.36 bits per heavy atom. The number of aliphatic hydroxyl groups excluding tert-OH is 6. The van der Waals surface area contributed by atoms with Crippen LogP contribution in [0, 0.1) is 0 Å². The number of aliphatic hydroxyl groups is 6. The summed E-state index contributed by atoms with van der Waals surface area (Å²) in [6.45, 7) is 3.60. The Balaban J connectivity index is 2.24. The van der Waals surface area contributed by atoms with Gasteiger partial charge in [-0.2, -0.15) is 0 Å². The zero-order valence-electron chi connectivity index (χ0n) is 41.4. The highest BCUT2D eigenvalue weighted by atomic mass is 16.7. The summed E-state index contributed by atoms with van der Waals surface area (Å²) in [4.78, 5) is 13.1. The van der Waals surface area contributed by atoms with Crippen LogP contribution in [-0.4, -0.2) is 98.7 Å². The molecule has 0 aromatic carbocycles. The third kappa shape index (κ3) is 33.2. The topological polar surface area (TPSA) is 169 Å². The molecule has 1 rings (SSSR count). The Morgan fingerprint density at radius 2 is 0.922 bits per heavy atom. The Labute approximate surface area is 392 Å². The van der Waals surface area contributed by atoms with Gasteiger partial charge in [0.1, 0.15) is 30.5 Å². The summed E-state index contributed by atoms with van der Waals surface area (Å²) in [5, 5.41) is 64.8. The normalized spacial score (nSPS) is 20.7. The zero-order valence-corrected chi connectivity index (χ0v) is 41.4. The molecule has 8 unspecified atom stereocenters. The minimum atomic E-state index is -1.61. The van der Waals surface area contributed by atoms with Gasteiger partial charge >= 0.3 is 0 Å². The Morgan fingerprint density at radius 1 is 0.531 bits per heavy atom. The van der Waals surface area contributed by atoms with E-state index in [9.17, 15) is 35.4 Å². The fraction of sp³-hybridized carbons (Fsp3) is 0.907. The highest BCUT2D eigenvalue weighted by Crippen LogP contribution is 2.23. The molecule has 10 nitrogen and oxygen atoms in total. The standard InChI is InChI=1S/C54H103NO9/c1-3-5-7-9-11-13-15-17-18-19-20-21-22-23-24-25-26-27-28-29-31-33-35-37-39-41-43-48(58)53(62)55-46(45-63-54-52(61)51(60)50(59)49(44-56)64-54)47(57)42-40-38-36-34-32-30-16-14-12-10-8-6-4-2/h32,34,40,42,46-52,54,56-61H,3-31,33,35-39,41,43-45H2,1-2H3,(H,55,62)/b34-32+,42-40+. The van der Waals surface area contributed by atoms with Crippen LogP contribution < -0.4 is 5.32 Å². The first kappa shape index (κ1) is 60.6. The fourth-order valence-corrected chi connectivity index (χ4v) is 8.71. The van der Waals surface area contributed by atoms with Crippen molar-refractivity contribution in [2.45, 2.75) is 300 Å². The van der Waals surface area contributed by atoms with Crippen LogP contribution in [0.5, 0.6) is 0 Å². The molecule has 8 atom stereocenters. The van der Waals surface area contributed by atoms with E-state index in [4.69, 9.17) is 9.47 Å². The maximum atomic E-state index is 13.1. The molecule has 0 aliphatic carbocycles. The average molecular weight is 910 g/mol. The van der Waals surface area contributed by atoms with Crippen molar-refractivity contribution in [3.05, 3.63) is 24.3 Å². The molecular formula is C54H103NO9. The van der Waals surface area contributed by atoms with Crippen molar-refractivity contribution in [1.82, 2.24) is 5.32 Å². The highest BCUT2D eigenvalue weighted by molar-refractivity contribution is 5.80. The maximum Gasteiger partial charge on any atom is 0.249 e. The fourth-order valence-electron chi connectivity index (χ4n) is 8.71.